The zero-order valence-electron chi connectivity index (χ0n) is 15.2. The van der Waals surface area contributed by atoms with Gasteiger partial charge in [0.1, 0.15) is 5.75 Å². The number of benzene rings is 3. The Morgan fingerprint density at radius 3 is 1.93 bits per heavy atom. The van der Waals surface area contributed by atoms with Gasteiger partial charge in [-0.05, 0) is 66.7 Å². The summed E-state index contributed by atoms with van der Waals surface area (Å²) in [6.45, 7) is 0. The van der Waals surface area contributed by atoms with Crippen LogP contribution in [0.25, 0.3) is 0 Å². The lowest BCUT2D eigenvalue weighted by molar-refractivity contribution is 0.414. The molecule has 0 radical (unpaired) electrons. The molecular weight excluding hydrogens is 436 g/mol. The molecule has 3 aromatic rings. The second-order valence-electron chi connectivity index (χ2n) is 5.92. The zero-order valence-corrected chi connectivity index (χ0v) is 17.6. The van der Waals surface area contributed by atoms with Crippen LogP contribution in [0, 0.1) is 0 Å². The average molecular weight is 453 g/mol. The number of nitrogens with one attached hydrogen (secondary N) is 2. The average Bonchev–Trinajstić information content (AvgIpc) is 2.69. The van der Waals surface area contributed by atoms with Crippen LogP contribution >= 0.6 is 11.6 Å². The third-order valence-corrected chi connectivity index (χ3v) is 6.89. The molecule has 2 N–H and O–H groups in total. The minimum Gasteiger partial charge on any atom is -0.497 e. The first-order valence-corrected chi connectivity index (χ1v) is 11.6. The van der Waals surface area contributed by atoms with E-state index in [1.807, 2.05) is 0 Å². The summed E-state index contributed by atoms with van der Waals surface area (Å²) >= 11 is 5.80. The van der Waals surface area contributed by atoms with Gasteiger partial charge < -0.3 is 4.74 Å². The third-order valence-electron chi connectivity index (χ3n) is 3.86. The van der Waals surface area contributed by atoms with E-state index in [1.54, 1.807) is 12.1 Å². The van der Waals surface area contributed by atoms with Gasteiger partial charge in [-0.1, -0.05) is 17.7 Å². The largest absolute Gasteiger partial charge is 0.497 e. The molecule has 29 heavy (non-hydrogen) atoms. The molecule has 0 aliphatic heterocycles. The number of methoxy groups -OCH3 is 1. The van der Waals surface area contributed by atoms with Crippen molar-refractivity contribution in [2.45, 2.75) is 9.79 Å². The summed E-state index contributed by atoms with van der Waals surface area (Å²) in [7, 11) is -6.34. The van der Waals surface area contributed by atoms with Crippen LogP contribution in [-0.2, 0) is 20.0 Å². The molecule has 0 aliphatic carbocycles. The lowest BCUT2D eigenvalue weighted by atomic mass is 10.3. The molecule has 0 unspecified atom stereocenters. The van der Waals surface area contributed by atoms with Crippen LogP contribution in [0.4, 0.5) is 11.4 Å². The molecule has 0 spiro atoms. The number of anilines is 2. The monoisotopic (exact) mass is 452 g/mol. The molecule has 0 saturated carbocycles. The lowest BCUT2D eigenvalue weighted by Gasteiger charge is -2.12. The number of hydrogen-bond donors (Lipinski definition) is 2. The maximum absolute atomic E-state index is 12.6. The van der Waals surface area contributed by atoms with Gasteiger partial charge in [-0.3, -0.25) is 9.44 Å². The van der Waals surface area contributed by atoms with Gasteiger partial charge >= 0.3 is 0 Å². The van der Waals surface area contributed by atoms with Crippen LogP contribution in [0.2, 0.25) is 5.02 Å². The van der Waals surface area contributed by atoms with E-state index in [2.05, 4.69) is 9.44 Å². The summed E-state index contributed by atoms with van der Waals surface area (Å²) in [5.41, 5.74) is 0.443. The van der Waals surface area contributed by atoms with E-state index in [0.717, 1.165) is 0 Å². The lowest BCUT2D eigenvalue weighted by Crippen LogP contribution is -2.15. The highest BCUT2D eigenvalue weighted by Crippen LogP contribution is 2.23. The fourth-order valence-electron chi connectivity index (χ4n) is 2.43. The van der Waals surface area contributed by atoms with Crippen LogP contribution in [0.3, 0.4) is 0 Å². The van der Waals surface area contributed by atoms with Crippen LogP contribution in [-0.4, -0.2) is 23.9 Å². The van der Waals surface area contributed by atoms with Gasteiger partial charge in [0.25, 0.3) is 20.0 Å². The molecule has 0 amide bonds. The summed E-state index contributed by atoms with van der Waals surface area (Å²) in [4.78, 5) is -0.0757. The van der Waals surface area contributed by atoms with Crippen molar-refractivity contribution >= 4 is 43.0 Å². The molecule has 3 aromatic carbocycles. The van der Waals surface area contributed by atoms with Gasteiger partial charge in [0.05, 0.1) is 22.6 Å². The molecule has 0 atom stereocenters. The van der Waals surface area contributed by atoms with E-state index >= 15 is 0 Å². The van der Waals surface area contributed by atoms with Crippen LogP contribution < -0.4 is 14.2 Å². The molecular formula is C19H17ClN2O5S2. The molecule has 0 bridgehead atoms. The minimum atomic E-state index is -3.92. The first-order chi connectivity index (χ1) is 13.7. The Kier molecular flexibility index (Phi) is 6.02. The smallest absolute Gasteiger partial charge is 0.261 e. The molecule has 0 saturated heterocycles. The predicted molar refractivity (Wildman–Crippen MR) is 113 cm³/mol. The number of rotatable bonds is 7. The first kappa shape index (κ1) is 21.0. The van der Waals surface area contributed by atoms with E-state index in [9.17, 15) is 16.8 Å². The second kappa shape index (κ2) is 8.32. The minimum absolute atomic E-state index is 0.0193. The third kappa shape index (κ3) is 5.20. The van der Waals surface area contributed by atoms with Crippen molar-refractivity contribution in [2.75, 3.05) is 16.6 Å². The predicted octanol–water partition coefficient (Wildman–Crippen LogP) is 3.95. The molecule has 152 valence electrons. The molecule has 0 aliphatic rings. The zero-order chi connectivity index (χ0) is 21.1. The SMILES string of the molecule is COc1ccc(S(=O)(=O)Nc2cccc(S(=O)(=O)Nc3ccc(Cl)cc3)c2)cc1. The van der Waals surface area contributed by atoms with Crippen LogP contribution in [0.15, 0.2) is 82.6 Å². The Labute approximate surface area is 174 Å². The fourth-order valence-corrected chi connectivity index (χ4v) is 4.71. The standard InChI is InChI=1S/C19H17ClN2O5S2/c1-27-17-9-11-18(12-10-17)28(23,24)22-16-3-2-4-19(13-16)29(25,26)21-15-7-5-14(20)6-8-15/h2-13,21-22H,1H3. The molecule has 0 aromatic heterocycles. The number of halogens is 1. The summed E-state index contributed by atoms with van der Waals surface area (Å²) < 4.78 is 60.1. The van der Waals surface area contributed by atoms with Crippen molar-refractivity contribution < 1.29 is 21.6 Å². The maximum atomic E-state index is 12.6. The summed E-state index contributed by atoms with van der Waals surface area (Å²) in [5.74, 6) is 0.519. The Morgan fingerprint density at radius 1 is 0.724 bits per heavy atom. The topological polar surface area (TPSA) is 102 Å². The van der Waals surface area contributed by atoms with Gasteiger partial charge in [0.15, 0.2) is 0 Å². The van der Waals surface area contributed by atoms with Crippen LogP contribution in [0.5, 0.6) is 5.75 Å². The summed E-state index contributed by atoms with van der Waals surface area (Å²) in [6.07, 6.45) is 0. The second-order valence-corrected chi connectivity index (χ2v) is 9.72. The van der Waals surface area contributed by atoms with E-state index in [0.29, 0.717) is 16.5 Å². The van der Waals surface area contributed by atoms with Gasteiger partial charge in [-0.15, -0.1) is 0 Å². The highest BCUT2D eigenvalue weighted by molar-refractivity contribution is 7.93. The maximum Gasteiger partial charge on any atom is 0.261 e. The van der Waals surface area contributed by atoms with Gasteiger partial charge in [-0.2, -0.15) is 0 Å². The molecule has 3 rings (SSSR count). The number of hydrogen-bond acceptors (Lipinski definition) is 5. The summed E-state index contributed by atoms with van der Waals surface area (Å²) in [5, 5.41) is 0.475. The van der Waals surface area contributed by atoms with Crippen molar-refractivity contribution in [3.63, 3.8) is 0 Å². The normalized spacial score (nSPS) is 11.7. The number of ether oxygens (including phenoxy) is 1. The highest BCUT2D eigenvalue weighted by atomic mass is 35.5. The van der Waals surface area contributed by atoms with Crippen molar-refractivity contribution in [2.24, 2.45) is 0 Å². The van der Waals surface area contributed by atoms with E-state index in [4.69, 9.17) is 16.3 Å². The van der Waals surface area contributed by atoms with Gasteiger partial charge in [-0.25, -0.2) is 16.8 Å². The van der Waals surface area contributed by atoms with E-state index in [1.165, 1.54) is 67.8 Å². The first-order valence-electron chi connectivity index (χ1n) is 8.25. The van der Waals surface area contributed by atoms with Crippen molar-refractivity contribution in [1.29, 1.82) is 0 Å². The number of sulfonamides is 2. The van der Waals surface area contributed by atoms with E-state index < -0.39 is 20.0 Å². The molecule has 0 heterocycles. The Balaban J connectivity index is 1.83. The molecule has 0 fully saturated rings. The Bertz CT molecular complexity index is 1210. The Morgan fingerprint density at radius 2 is 1.31 bits per heavy atom. The van der Waals surface area contributed by atoms with Gasteiger partial charge in [0.2, 0.25) is 0 Å². The quantitative estimate of drug-likeness (QED) is 0.565. The fraction of sp³-hybridized carbons (Fsp3) is 0.0526. The van der Waals surface area contributed by atoms with Crippen molar-refractivity contribution in [3.8, 4) is 5.75 Å². The summed E-state index contributed by atoms with van der Waals surface area (Å²) in [6, 6.07) is 17.5. The molecule has 10 heteroatoms. The van der Waals surface area contributed by atoms with E-state index in [-0.39, 0.29) is 15.5 Å². The van der Waals surface area contributed by atoms with Crippen molar-refractivity contribution in [1.82, 2.24) is 0 Å². The Hall–Kier alpha value is -2.75. The van der Waals surface area contributed by atoms with Crippen LogP contribution in [0.1, 0.15) is 0 Å². The van der Waals surface area contributed by atoms with Gasteiger partial charge in [0, 0.05) is 10.7 Å². The molecule has 7 nitrogen and oxygen atoms in total. The van der Waals surface area contributed by atoms with Crippen molar-refractivity contribution in [3.05, 3.63) is 77.8 Å². The highest BCUT2D eigenvalue weighted by Gasteiger charge is 2.18.